The van der Waals surface area contributed by atoms with Crippen LogP contribution in [0.25, 0.3) is 11.3 Å². The number of aromatic amines is 1. The molecule has 17 heavy (non-hydrogen) atoms. The number of rotatable bonds is 2. The van der Waals surface area contributed by atoms with Gasteiger partial charge in [0, 0.05) is 23.7 Å². The second-order valence-corrected chi connectivity index (χ2v) is 4.50. The summed E-state index contributed by atoms with van der Waals surface area (Å²) >= 11 is 0. The van der Waals surface area contributed by atoms with Gasteiger partial charge in [-0.1, -0.05) is 0 Å². The minimum atomic E-state index is 0.326. The number of nitrogens with zero attached hydrogens (tertiary/aromatic N) is 2. The molecule has 2 aromatic heterocycles. The van der Waals surface area contributed by atoms with Gasteiger partial charge in [0.15, 0.2) is 0 Å². The van der Waals surface area contributed by atoms with E-state index in [1.54, 1.807) is 0 Å². The van der Waals surface area contributed by atoms with Crippen LogP contribution in [-0.2, 0) is 0 Å². The van der Waals surface area contributed by atoms with Crippen molar-refractivity contribution in [2.45, 2.75) is 25.8 Å². The Balaban J connectivity index is 2.00. The lowest BCUT2D eigenvalue weighted by Crippen LogP contribution is -2.16. The predicted molar refractivity (Wildman–Crippen MR) is 66.5 cm³/mol. The minimum Gasteiger partial charge on any atom is -0.367 e. The maximum atomic E-state index is 4.66. The summed E-state index contributed by atoms with van der Waals surface area (Å²) in [5.41, 5.74) is 3.15. The molecule has 1 aliphatic heterocycles. The summed E-state index contributed by atoms with van der Waals surface area (Å²) in [6.07, 6.45) is 6.23. The molecule has 1 atom stereocenters. The van der Waals surface area contributed by atoms with Gasteiger partial charge in [-0.05, 0) is 38.4 Å². The van der Waals surface area contributed by atoms with E-state index < -0.39 is 0 Å². The fourth-order valence-corrected chi connectivity index (χ4v) is 2.28. The minimum absolute atomic E-state index is 0.326. The van der Waals surface area contributed by atoms with Gasteiger partial charge in [0.25, 0.3) is 0 Å². The van der Waals surface area contributed by atoms with Crippen molar-refractivity contribution in [1.29, 1.82) is 0 Å². The highest BCUT2D eigenvalue weighted by molar-refractivity contribution is 5.58. The van der Waals surface area contributed by atoms with Crippen LogP contribution in [0.2, 0.25) is 0 Å². The summed E-state index contributed by atoms with van der Waals surface area (Å²) in [5, 5.41) is 3.44. The molecule has 4 nitrogen and oxygen atoms in total. The number of aromatic nitrogens is 3. The second-order valence-electron chi connectivity index (χ2n) is 4.50. The SMILES string of the molecule is Cc1cc(-c2cc[nH]c2)nc(C2CCCN2)n1. The summed E-state index contributed by atoms with van der Waals surface area (Å²) in [6, 6.07) is 4.39. The van der Waals surface area contributed by atoms with E-state index in [1.165, 1.54) is 6.42 Å². The fraction of sp³-hybridized carbons (Fsp3) is 0.385. The normalized spacial score (nSPS) is 19.7. The fourth-order valence-electron chi connectivity index (χ4n) is 2.28. The van der Waals surface area contributed by atoms with Gasteiger partial charge in [-0.3, -0.25) is 0 Å². The number of H-pyrrole nitrogens is 1. The van der Waals surface area contributed by atoms with E-state index in [1.807, 2.05) is 31.5 Å². The third-order valence-corrected chi connectivity index (χ3v) is 3.14. The van der Waals surface area contributed by atoms with Crippen molar-refractivity contribution >= 4 is 0 Å². The van der Waals surface area contributed by atoms with E-state index in [4.69, 9.17) is 0 Å². The van der Waals surface area contributed by atoms with Gasteiger partial charge in [-0.15, -0.1) is 0 Å². The Bertz CT molecular complexity index is 498. The highest BCUT2D eigenvalue weighted by atomic mass is 15.0. The zero-order valence-corrected chi connectivity index (χ0v) is 9.90. The lowest BCUT2D eigenvalue weighted by Gasteiger charge is -2.10. The summed E-state index contributed by atoms with van der Waals surface area (Å²) < 4.78 is 0. The first kappa shape index (κ1) is 10.5. The van der Waals surface area contributed by atoms with Crippen molar-refractivity contribution in [1.82, 2.24) is 20.3 Å². The molecule has 0 radical (unpaired) electrons. The first-order valence-electron chi connectivity index (χ1n) is 6.05. The monoisotopic (exact) mass is 228 g/mol. The Morgan fingerprint density at radius 1 is 1.35 bits per heavy atom. The second kappa shape index (κ2) is 4.30. The van der Waals surface area contributed by atoms with Crippen LogP contribution in [0, 0.1) is 6.92 Å². The van der Waals surface area contributed by atoms with Crippen molar-refractivity contribution < 1.29 is 0 Å². The molecular formula is C13H16N4. The van der Waals surface area contributed by atoms with Crippen LogP contribution in [0.15, 0.2) is 24.5 Å². The molecule has 1 aliphatic rings. The van der Waals surface area contributed by atoms with Gasteiger partial charge >= 0.3 is 0 Å². The third kappa shape index (κ3) is 2.08. The molecule has 2 N–H and O–H groups in total. The van der Waals surface area contributed by atoms with Crippen molar-refractivity contribution in [2.75, 3.05) is 6.54 Å². The van der Waals surface area contributed by atoms with Crippen LogP contribution in [0.3, 0.4) is 0 Å². The predicted octanol–water partition coefficient (Wildman–Crippen LogP) is 2.20. The smallest absolute Gasteiger partial charge is 0.146 e. The van der Waals surface area contributed by atoms with Gasteiger partial charge in [-0.25, -0.2) is 9.97 Å². The molecule has 88 valence electrons. The number of hydrogen-bond donors (Lipinski definition) is 2. The zero-order valence-electron chi connectivity index (χ0n) is 9.90. The van der Waals surface area contributed by atoms with Gasteiger partial charge in [0.05, 0.1) is 11.7 Å². The van der Waals surface area contributed by atoms with Gasteiger partial charge in [0.1, 0.15) is 5.82 Å². The summed E-state index contributed by atoms with van der Waals surface area (Å²) in [4.78, 5) is 12.3. The Hall–Kier alpha value is -1.68. The topological polar surface area (TPSA) is 53.6 Å². The van der Waals surface area contributed by atoms with Gasteiger partial charge in [-0.2, -0.15) is 0 Å². The Labute approximate surface area is 101 Å². The van der Waals surface area contributed by atoms with Crippen LogP contribution >= 0.6 is 0 Å². The van der Waals surface area contributed by atoms with E-state index >= 15 is 0 Å². The van der Waals surface area contributed by atoms with Crippen LogP contribution in [0.1, 0.15) is 30.4 Å². The first-order valence-corrected chi connectivity index (χ1v) is 6.05. The zero-order chi connectivity index (χ0) is 11.7. The van der Waals surface area contributed by atoms with Crippen molar-refractivity contribution in [3.63, 3.8) is 0 Å². The summed E-state index contributed by atoms with van der Waals surface area (Å²) in [5.74, 6) is 0.929. The average molecular weight is 228 g/mol. The molecule has 4 heteroatoms. The molecule has 2 aromatic rings. The van der Waals surface area contributed by atoms with Crippen LogP contribution in [0.5, 0.6) is 0 Å². The Morgan fingerprint density at radius 2 is 2.29 bits per heavy atom. The highest BCUT2D eigenvalue weighted by Crippen LogP contribution is 2.23. The van der Waals surface area contributed by atoms with Gasteiger partial charge in [0.2, 0.25) is 0 Å². The van der Waals surface area contributed by atoms with E-state index in [0.29, 0.717) is 6.04 Å². The largest absolute Gasteiger partial charge is 0.367 e. The molecule has 3 rings (SSSR count). The van der Waals surface area contributed by atoms with Crippen LogP contribution < -0.4 is 5.32 Å². The number of aryl methyl sites for hydroxylation is 1. The maximum absolute atomic E-state index is 4.66. The third-order valence-electron chi connectivity index (χ3n) is 3.14. The Morgan fingerprint density at radius 3 is 3.00 bits per heavy atom. The summed E-state index contributed by atoms with van der Waals surface area (Å²) in [7, 11) is 0. The number of hydrogen-bond acceptors (Lipinski definition) is 3. The molecule has 0 spiro atoms. The van der Waals surface area contributed by atoms with E-state index in [9.17, 15) is 0 Å². The molecule has 0 aliphatic carbocycles. The van der Waals surface area contributed by atoms with Crippen molar-refractivity contribution in [3.05, 3.63) is 36.0 Å². The van der Waals surface area contributed by atoms with Crippen molar-refractivity contribution in [3.8, 4) is 11.3 Å². The van der Waals surface area contributed by atoms with Crippen molar-refractivity contribution in [2.24, 2.45) is 0 Å². The quantitative estimate of drug-likeness (QED) is 0.828. The van der Waals surface area contributed by atoms with Crippen LogP contribution in [0.4, 0.5) is 0 Å². The standard InChI is InChI=1S/C13H16N4/c1-9-7-12(10-4-6-14-8-10)17-13(16-9)11-3-2-5-15-11/h4,6-8,11,14-15H,2-3,5H2,1H3. The molecule has 1 fully saturated rings. The molecular weight excluding hydrogens is 212 g/mol. The molecule has 3 heterocycles. The van der Waals surface area contributed by atoms with Gasteiger partial charge < -0.3 is 10.3 Å². The molecule has 0 amide bonds. The highest BCUT2D eigenvalue weighted by Gasteiger charge is 2.19. The van der Waals surface area contributed by atoms with E-state index in [2.05, 4.69) is 20.3 Å². The lowest BCUT2D eigenvalue weighted by atomic mass is 10.1. The average Bonchev–Trinajstić information content (AvgIpc) is 3.02. The van der Waals surface area contributed by atoms with Crippen LogP contribution in [-0.4, -0.2) is 21.5 Å². The first-order chi connectivity index (χ1) is 8.33. The molecule has 0 bridgehead atoms. The molecule has 1 saturated heterocycles. The maximum Gasteiger partial charge on any atom is 0.146 e. The molecule has 0 saturated carbocycles. The Kier molecular flexibility index (Phi) is 2.65. The number of nitrogens with one attached hydrogen (secondary N) is 2. The molecule has 1 unspecified atom stereocenters. The van der Waals surface area contributed by atoms with E-state index in [-0.39, 0.29) is 0 Å². The summed E-state index contributed by atoms with van der Waals surface area (Å²) in [6.45, 7) is 3.09. The molecule has 0 aromatic carbocycles. The lowest BCUT2D eigenvalue weighted by molar-refractivity contribution is 0.603. The van der Waals surface area contributed by atoms with E-state index in [0.717, 1.165) is 35.7 Å².